The van der Waals surface area contributed by atoms with Gasteiger partial charge in [0.1, 0.15) is 0 Å². The molecular formula is C17H23N5O2. The normalized spacial score (nSPS) is 28.6. The Morgan fingerprint density at radius 3 is 2.88 bits per heavy atom. The van der Waals surface area contributed by atoms with E-state index in [0.29, 0.717) is 24.0 Å². The van der Waals surface area contributed by atoms with E-state index in [2.05, 4.69) is 15.4 Å². The Morgan fingerprint density at radius 1 is 1.42 bits per heavy atom. The summed E-state index contributed by atoms with van der Waals surface area (Å²) in [6.07, 6.45) is 3.37. The van der Waals surface area contributed by atoms with Crippen molar-refractivity contribution >= 4 is 11.6 Å². The standard InChI is InChI=1S/C17H23N5O2/c1-8-12(9(2)22-13(20-8)6-14(23)21-22)7-19-17(24)15-10-3-4-11(5-10)16(15)18/h6,10-11,15-16H,3-5,7,18H2,1-2H3,(H,19,24)(H,21,23). The van der Waals surface area contributed by atoms with Crippen LogP contribution in [0.4, 0.5) is 0 Å². The van der Waals surface area contributed by atoms with E-state index >= 15 is 0 Å². The van der Waals surface area contributed by atoms with E-state index in [1.807, 2.05) is 13.8 Å². The molecule has 2 aromatic rings. The molecule has 2 saturated carbocycles. The van der Waals surface area contributed by atoms with Crippen molar-refractivity contribution in [1.29, 1.82) is 0 Å². The van der Waals surface area contributed by atoms with Crippen LogP contribution in [0.3, 0.4) is 0 Å². The Kier molecular flexibility index (Phi) is 3.49. The molecule has 2 bridgehead atoms. The average molecular weight is 329 g/mol. The first kappa shape index (κ1) is 15.4. The van der Waals surface area contributed by atoms with Crippen molar-refractivity contribution in [3.8, 4) is 0 Å². The van der Waals surface area contributed by atoms with E-state index < -0.39 is 0 Å². The van der Waals surface area contributed by atoms with Crippen LogP contribution in [0.2, 0.25) is 0 Å². The summed E-state index contributed by atoms with van der Waals surface area (Å²) in [7, 11) is 0. The lowest BCUT2D eigenvalue weighted by atomic mass is 9.84. The number of nitrogens with one attached hydrogen (secondary N) is 2. The highest BCUT2D eigenvalue weighted by molar-refractivity contribution is 5.80. The van der Waals surface area contributed by atoms with Gasteiger partial charge < -0.3 is 11.1 Å². The molecule has 7 nitrogen and oxygen atoms in total. The zero-order valence-corrected chi connectivity index (χ0v) is 14.0. The predicted molar refractivity (Wildman–Crippen MR) is 89.4 cm³/mol. The maximum Gasteiger partial charge on any atom is 0.266 e. The number of H-pyrrole nitrogens is 1. The second-order valence-electron chi connectivity index (χ2n) is 7.23. The van der Waals surface area contributed by atoms with Gasteiger partial charge in [-0.2, -0.15) is 0 Å². The number of fused-ring (bicyclic) bond motifs is 3. The molecule has 4 N–H and O–H groups in total. The van der Waals surface area contributed by atoms with E-state index in [0.717, 1.165) is 36.2 Å². The van der Waals surface area contributed by atoms with E-state index in [4.69, 9.17) is 5.73 Å². The molecule has 0 aliphatic heterocycles. The van der Waals surface area contributed by atoms with Crippen molar-refractivity contribution in [2.24, 2.45) is 23.5 Å². The largest absolute Gasteiger partial charge is 0.352 e. The van der Waals surface area contributed by atoms with Crippen molar-refractivity contribution in [2.75, 3.05) is 0 Å². The van der Waals surface area contributed by atoms with Crippen LogP contribution in [0.15, 0.2) is 10.9 Å². The van der Waals surface area contributed by atoms with Gasteiger partial charge in [0.2, 0.25) is 5.91 Å². The zero-order chi connectivity index (χ0) is 17.0. The monoisotopic (exact) mass is 329 g/mol. The van der Waals surface area contributed by atoms with Gasteiger partial charge in [-0.3, -0.25) is 14.7 Å². The fourth-order valence-electron chi connectivity index (χ4n) is 4.63. The molecule has 0 saturated heterocycles. The van der Waals surface area contributed by atoms with Crippen LogP contribution in [-0.4, -0.2) is 26.5 Å². The molecule has 4 atom stereocenters. The first-order chi connectivity index (χ1) is 11.5. The van der Waals surface area contributed by atoms with Crippen molar-refractivity contribution in [3.05, 3.63) is 33.4 Å². The third-order valence-electron chi connectivity index (χ3n) is 5.93. The number of nitrogens with two attached hydrogens (primary N) is 1. The van der Waals surface area contributed by atoms with Crippen LogP contribution in [-0.2, 0) is 11.3 Å². The summed E-state index contributed by atoms with van der Waals surface area (Å²) < 4.78 is 1.67. The minimum Gasteiger partial charge on any atom is -0.352 e. The van der Waals surface area contributed by atoms with Crippen LogP contribution in [0.25, 0.3) is 5.65 Å². The Bertz CT molecular complexity index is 866. The van der Waals surface area contributed by atoms with Gasteiger partial charge in [-0.05, 0) is 44.9 Å². The quantitative estimate of drug-likeness (QED) is 0.768. The zero-order valence-electron chi connectivity index (χ0n) is 14.0. The van der Waals surface area contributed by atoms with Gasteiger partial charge in [0.05, 0.1) is 5.92 Å². The number of hydrogen-bond donors (Lipinski definition) is 3. The molecule has 0 radical (unpaired) electrons. The number of carbonyl (C=O) groups excluding carboxylic acids is 1. The molecule has 0 aromatic carbocycles. The SMILES string of the molecule is Cc1nc2cc(=O)[nH]n2c(C)c1CNC(=O)C1C2CCC(C2)C1N. The fourth-order valence-corrected chi connectivity index (χ4v) is 4.63. The molecule has 4 rings (SSSR count). The molecule has 2 fully saturated rings. The number of aryl methyl sites for hydroxylation is 2. The molecule has 2 heterocycles. The third-order valence-corrected chi connectivity index (χ3v) is 5.93. The fraction of sp³-hybridized carbons (Fsp3) is 0.588. The van der Waals surface area contributed by atoms with Crippen LogP contribution in [0.5, 0.6) is 0 Å². The van der Waals surface area contributed by atoms with Crippen LogP contribution >= 0.6 is 0 Å². The molecule has 7 heteroatoms. The third kappa shape index (κ3) is 2.26. The van der Waals surface area contributed by atoms with Crippen LogP contribution in [0, 0.1) is 31.6 Å². The topological polar surface area (TPSA) is 105 Å². The summed E-state index contributed by atoms with van der Waals surface area (Å²) in [6, 6.07) is 1.46. The molecule has 128 valence electrons. The number of nitrogens with zero attached hydrogens (tertiary/aromatic N) is 2. The van der Waals surface area contributed by atoms with Gasteiger partial charge in [-0.15, -0.1) is 0 Å². The number of carbonyl (C=O) groups is 1. The highest BCUT2D eigenvalue weighted by Gasteiger charge is 2.48. The molecule has 1 amide bonds. The van der Waals surface area contributed by atoms with Gasteiger partial charge in [-0.1, -0.05) is 0 Å². The smallest absolute Gasteiger partial charge is 0.266 e. The molecule has 2 aliphatic carbocycles. The van der Waals surface area contributed by atoms with Crippen molar-refractivity contribution in [2.45, 2.75) is 45.7 Å². The highest BCUT2D eigenvalue weighted by atomic mass is 16.2. The van der Waals surface area contributed by atoms with Crippen molar-refractivity contribution < 1.29 is 4.79 Å². The minimum atomic E-state index is -0.181. The van der Waals surface area contributed by atoms with Gasteiger partial charge in [0.25, 0.3) is 5.56 Å². The van der Waals surface area contributed by atoms with E-state index in [9.17, 15) is 9.59 Å². The number of aromatic nitrogens is 3. The Morgan fingerprint density at radius 2 is 2.17 bits per heavy atom. The maximum atomic E-state index is 12.6. The van der Waals surface area contributed by atoms with Gasteiger partial charge in [-0.25, -0.2) is 9.50 Å². The molecular weight excluding hydrogens is 306 g/mol. The number of rotatable bonds is 3. The van der Waals surface area contributed by atoms with Crippen molar-refractivity contribution in [3.63, 3.8) is 0 Å². The first-order valence-electron chi connectivity index (χ1n) is 8.57. The number of aromatic amines is 1. The number of amides is 1. The average Bonchev–Trinajstić information content (AvgIpc) is 3.20. The first-order valence-corrected chi connectivity index (χ1v) is 8.57. The highest BCUT2D eigenvalue weighted by Crippen LogP contribution is 2.47. The van der Waals surface area contributed by atoms with Crippen LogP contribution < -0.4 is 16.6 Å². The van der Waals surface area contributed by atoms with E-state index in [-0.39, 0.29) is 23.4 Å². The lowest BCUT2D eigenvalue weighted by Crippen LogP contribution is -2.45. The van der Waals surface area contributed by atoms with E-state index in [1.54, 1.807) is 4.52 Å². The summed E-state index contributed by atoms with van der Waals surface area (Å²) in [5.74, 6) is 0.938. The lowest BCUT2D eigenvalue weighted by Gasteiger charge is -2.27. The van der Waals surface area contributed by atoms with Crippen LogP contribution in [0.1, 0.15) is 36.2 Å². The molecule has 24 heavy (non-hydrogen) atoms. The molecule has 2 aliphatic rings. The Balaban J connectivity index is 1.54. The summed E-state index contributed by atoms with van der Waals surface area (Å²) >= 11 is 0. The molecule has 0 spiro atoms. The lowest BCUT2D eigenvalue weighted by molar-refractivity contribution is -0.127. The molecule has 4 unspecified atom stereocenters. The van der Waals surface area contributed by atoms with Gasteiger partial charge in [0.15, 0.2) is 5.65 Å². The summed E-state index contributed by atoms with van der Waals surface area (Å²) in [5, 5.41) is 5.78. The second-order valence-corrected chi connectivity index (χ2v) is 7.23. The summed E-state index contributed by atoms with van der Waals surface area (Å²) in [4.78, 5) is 28.6. The summed E-state index contributed by atoms with van der Waals surface area (Å²) in [6.45, 7) is 4.22. The Labute approximate surface area is 139 Å². The molecule has 2 aromatic heterocycles. The second kappa shape index (κ2) is 5.44. The van der Waals surface area contributed by atoms with Gasteiger partial charge >= 0.3 is 0 Å². The number of hydrogen-bond acceptors (Lipinski definition) is 4. The predicted octanol–water partition coefficient (Wildman–Crippen LogP) is 0.629. The van der Waals surface area contributed by atoms with Crippen molar-refractivity contribution in [1.82, 2.24) is 19.9 Å². The van der Waals surface area contributed by atoms with Gasteiger partial charge in [0, 0.05) is 35.6 Å². The summed E-state index contributed by atoms with van der Waals surface area (Å²) in [5.41, 5.74) is 9.31. The Hall–Kier alpha value is -2.15. The maximum absolute atomic E-state index is 12.6. The van der Waals surface area contributed by atoms with E-state index in [1.165, 1.54) is 6.07 Å². The minimum absolute atomic E-state index is 0.00708.